The number of carbonyl (C=O) groups excluding carboxylic acids is 2. The van der Waals surface area contributed by atoms with Gasteiger partial charge in [0.1, 0.15) is 11.7 Å². The highest BCUT2D eigenvalue weighted by atomic mass is 32.1. The van der Waals surface area contributed by atoms with Gasteiger partial charge in [-0.25, -0.2) is 0 Å². The maximum atomic E-state index is 13.3. The predicted octanol–water partition coefficient (Wildman–Crippen LogP) is 4.37. The number of hydrogen-bond acceptors (Lipinski definition) is 7. The summed E-state index contributed by atoms with van der Waals surface area (Å²) in [4.78, 5) is 28.7. The minimum atomic E-state index is -0.818. The van der Waals surface area contributed by atoms with Gasteiger partial charge in [0.15, 0.2) is 17.3 Å². The summed E-state index contributed by atoms with van der Waals surface area (Å²) in [6.45, 7) is 0. The number of hydrogen-bond donors (Lipinski definition) is 0. The summed E-state index contributed by atoms with van der Waals surface area (Å²) in [5, 5.41) is 1.83. The van der Waals surface area contributed by atoms with Crippen molar-refractivity contribution in [1.29, 1.82) is 0 Å². The second-order valence-corrected chi connectivity index (χ2v) is 8.08. The maximum absolute atomic E-state index is 13.3. The zero-order valence-electron chi connectivity index (χ0n) is 18.2. The number of Topliss-reactive ketones (excluding diaryl/α,β-unsaturated/α-hetero) is 1. The van der Waals surface area contributed by atoms with Crippen molar-refractivity contribution in [2.75, 3.05) is 33.3 Å². The number of carbonyl (C=O) groups is 2. The van der Waals surface area contributed by atoms with Gasteiger partial charge in [0, 0.05) is 12.1 Å². The number of anilines is 1. The Bertz CT molecular complexity index is 1100. The third-order valence-electron chi connectivity index (χ3n) is 5.53. The summed E-state index contributed by atoms with van der Waals surface area (Å²) in [7, 11) is 6.14. The molecular weight excluding hydrogens is 430 g/mol. The molecule has 8 heteroatoms. The van der Waals surface area contributed by atoms with Gasteiger partial charge >= 0.3 is 0 Å². The van der Waals surface area contributed by atoms with Crippen LogP contribution in [-0.4, -0.2) is 40.1 Å². The summed E-state index contributed by atoms with van der Waals surface area (Å²) in [5.74, 6) is 0.695. The summed E-state index contributed by atoms with van der Waals surface area (Å²) in [5.41, 5.74) is 1.38. The Kier molecular flexibility index (Phi) is 6.05. The van der Waals surface area contributed by atoms with Crippen molar-refractivity contribution in [2.24, 2.45) is 5.92 Å². The Morgan fingerprint density at radius 1 is 0.906 bits per heavy atom. The largest absolute Gasteiger partial charge is 0.497 e. The molecule has 0 spiro atoms. The monoisotopic (exact) mass is 453 g/mol. The van der Waals surface area contributed by atoms with Crippen molar-refractivity contribution in [3.8, 4) is 23.0 Å². The highest BCUT2D eigenvalue weighted by molar-refractivity contribution is 7.12. The number of methoxy groups -OCH3 is 4. The summed E-state index contributed by atoms with van der Waals surface area (Å²) in [6.07, 6.45) is 0. The van der Waals surface area contributed by atoms with Gasteiger partial charge in [-0.1, -0.05) is 18.2 Å². The van der Waals surface area contributed by atoms with Crippen molar-refractivity contribution in [2.45, 2.75) is 6.04 Å². The van der Waals surface area contributed by atoms with E-state index >= 15 is 0 Å². The van der Waals surface area contributed by atoms with Crippen LogP contribution in [0.1, 0.15) is 21.3 Å². The Balaban J connectivity index is 1.80. The van der Waals surface area contributed by atoms with Crippen LogP contribution in [0.5, 0.6) is 23.0 Å². The van der Waals surface area contributed by atoms with Gasteiger partial charge in [-0.2, -0.15) is 0 Å². The molecule has 0 unspecified atom stereocenters. The van der Waals surface area contributed by atoms with E-state index in [9.17, 15) is 9.59 Å². The van der Waals surface area contributed by atoms with E-state index in [1.807, 2.05) is 29.6 Å². The van der Waals surface area contributed by atoms with Crippen LogP contribution in [0.4, 0.5) is 5.69 Å². The highest BCUT2D eigenvalue weighted by Crippen LogP contribution is 2.49. The topological polar surface area (TPSA) is 74.3 Å². The normalized spacial score (nSPS) is 17.5. The van der Waals surface area contributed by atoms with Crippen LogP contribution in [0.2, 0.25) is 0 Å². The third kappa shape index (κ3) is 3.56. The van der Waals surface area contributed by atoms with Gasteiger partial charge in [0.2, 0.25) is 11.7 Å². The van der Waals surface area contributed by atoms with Crippen LogP contribution in [-0.2, 0) is 4.79 Å². The first-order valence-electron chi connectivity index (χ1n) is 9.88. The highest BCUT2D eigenvalue weighted by Gasteiger charge is 2.53. The number of nitrogens with zero attached hydrogens (tertiary/aromatic N) is 1. The van der Waals surface area contributed by atoms with E-state index in [1.165, 1.54) is 32.7 Å². The molecule has 0 saturated carbocycles. The number of thiophene rings is 1. The first-order chi connectivity index (χ1) is 15.5. The SMILES string of the molecule is COc1ccc([C@@H]2[C@@H](C(=O)c3cccs3)C(=O)N2c2cc(OC)c(OC)c(OC)c2)cc1. The molecule has 2 heterocycles. The molecule has 0 radical (unpaired) electrons. The summed E-state index contributed by atoms with van der Waals surface area (Å²) in [6, 6.07) is 13.9. The zero-order chi connectivity index (χ0) is 22.8. The molecule has 3 aromatic rings. The standard InChI is InChI=1S/C24H23NO6S/c1-28-16-9-7-14(8-10-16)21-20(22(26)19-6-5-11-32-19)24(27)25(21)15-12-17(29-2)23(31-4)18(13-15)30-3/h5-13,20-21H,1-4H3/t20-,21+/m0/s1. The zero-order valence-corrected chi connectivity index (χ0v) is 19.0. The molecule has 0 bridgehead atoms. The molecule has 1 aliphatic heterocycles. The molecule has 0 aliphatic carbocycles. The molecule has 7 nitrogen and oxygen atoms in total. The second-order valence-electron chi connectivity index (χ2n) is 7.13. The smallest absolute Gasteiger partial charge is 0.241 e. The van der Waals surface area contributed by atoms with Gasteiger partial charge < -0.3 is 23.8 Å². The molecule has 0 N–H and O–H groups in total. The van der Waals surface area contributed by atoms with Crippen molar-refractivity contribution in [1.82, 2.24) is 0 Å². The average Bonchev–Trinajstić information content (AvgIpc) is 3.37. The van der Waals surface area contributed by atoms with E-state index < -0.39 is 12.0 Å². The Morgan fingerprint density at radius 2 is 1.56 bits per heavy atom. The number of β-lactam (4-membered cyclic amide) rings is 1. The van der Waals surface area contributed by atoms with Crippen LogP contribution in [0.15, 0.2) is 53.9 Å². The first-order valence-corrected chi connectivity index (χ1v) is 10.8. The lowest BCUT2D eigenvalue weighted by Crippen LogP contribution is -2.58. The quantitative estimate of drug-likeness (QED) is 0.286. The molecule has 2 aromatic carbocycles. The van der Waals surface area contributed by atoms with Gasteiger partial charge in [-0.05, 0) is 29.1 Å². The molecule has 1 aliphatic rings. The fourth-order valence-corrected chi connectivity index (χ4v) is 4.66. The van der Waals surface area contributed by atoms with Crippen molar-refractivity contribution in [3.05, 3.63) is 64.4 Å². The van der Waals surface area contributed by atoms with E-state index in [4.69, 9.17) is 18.9 Å². The number of amides is 1. The molecule has 166 valence electrons. The lowest BCUT2D eigenvalue weighted by Gasteiger charge is -2.46. The van der Waals surface area contributed by atoms with Gasteiger partial charge in [-0.3, -0.25) is 9.59 Å². The fourth-order valence-electron chi connectivity index (χ4n) is 3.95. The average molecular weight is 454 g/mol. The number of ketones is 1. The molecule has 1 fully saturated rings. The molecule has 1 amide bonds. The number of rotatable bonds is 8. The van der Waals surface area contributed by atoms with Crippen LogP contribution < -0.4 is 23.8 Å². The minimum Gasteiger partial charge on any atom is -0.497 e. The van der Waals surface area contributed by atoms with E-state index in [2.05, 4.69) is 0 Å². The van der Waals surface area contributed by atoms with Crippen LogP contribution in [0, 0.1) is 5.92 Å². The van der Waals surface area contributed by atoms with E-state index in [0.29, 0.717) is 33.6 Å². The van der Waals surface area contributed by atoms with Crippen LogP contribution >= 0.6 is 11.3 Å². The van der Waals surface area contributed by atoms with Gasteiger partial charge in [0.25, 0.3) is 0 Å². The lowest BCUT2D eigenvalue weighted by atomic mass is 9.78. The van der Waals surface area contributed by atoms with Crippen LogP contribution in [0.3, 0.4) is 0 Å². The van der Waals surface area contributed by atoms with E-state index in [1.54, 1.807) is 36.3 Å². The predicted molar refractivity (Wildman–Crippen MR) is 121 cm³/mol. The number of ether oxygens (including phenoxy) is 4. The van der Waals surface area contributed by atoms with Crippen LogP contribution in [0.25, 0.3) is 0 Å². The summed E-state index contributed by atoms with van der Waals surface area (Å²) < 4.78 is 21.6. The van der Waals surface area contributed by atoms with Crippen molar-refractivity contribution >= 4 is 28.7 Å². The summed E-state index contributed by atoms with van der Waals surface area (Å²) >= 11 is 1.33. The van der Waals surface area contributed by atoms with Crippen molar-refractivity contribution in [3.63, 3.8) is 0 Å². The van der Waals surface area contributed by atoms with Gasteiger partial charge in [-0.15, -0.1) is 11.3 Å². The molecule has 32 heavy (non-hydrogen) atoms. The molecule has 1 aromatic heterocycles. The Morgan fingerprint density at radius 3 is 2.06 bits per heavy atom. The maximum Gasteiger partial charge on any atom is 0.241 e. The second kappa shape index (κ2) is 8.92. The van der Waals surface area contributed by atoms with Crippen molar-refractivity contribution < 1.29 is 28.5 Å². The third-order valence-corrected chi connectivity index (χ3v) is 6.41. The molecule has 4 rings (SSSR count). The number of benzene rings is 2. The molecule has 2 atom stereocenters. The van der Waals surface area contributed by atoms with E-state index in [0.717, 1.165) is 5.56 Å². The Hall–Kier alpha value is -3.52. The van der Waals surface area contributed by atoms with E-state index in [-0.39, 0.29) is 11.7 Å². The lowest BCUT2D eigenvalue weighted by molar-refractivity contribution is -0.128. The molecule has 1 saturated heterocycles. The van der Waals surface area contributed by atoms with Gasteiger partial charge in [0.05, 0.1) is 45.0 Å². The fraction of sp³-hybridized carbons (Fsp3) is 0.250. The molecular formula is C24H23NO6S. The Labute approximate surface area is 190 Å². The minimum absolute atomic E-state index is 0.186. The first kappa shape index (κ1) is 21.7.